The first-order chi connectivity index (χ1) is 9.17. The molecule has 1 aliphatic rings. The SMILES string of the molecule is CCN(C(=O)c1cncc(O)c1)C1CCCC1CN. The van der Waals surface area contributed by atoms with Crippen LogP contribution in [0.15, 0.2) is 18.5 Å². The molecule has 104 valence electrons. The van der Waals surface area contributed by atoms with E-state index in [1.54, 1.807) is 0 Å². The fourth-order valence-corrected chi connectivity index (χ4v) is 2.94. The third-order valence-corrected chi connectivity index (χ3v) is 3.89. The average molecular weight is 263 g/mol. The van der Waals surface area contributed by atoms with Gasteiger partial charge in [0.15, 0.2) is 0 Å². The van der Waals surface area contributed by atoms with Crippen molar-refractivity contribution in [2.45, 2.75) is 32.2 Å². The molecule has 0 radical (unpaired) electrons. The highest BCUT2D eigenvalue weighted by Crippen LogP contribution is 2.30. The summed E-state index contributed by atoms with van der Waals surface area (Å²) in [6, 6.07) is 1.68. The van der Waals surface area contributed by atoms with Gasteiger partial charge in [-0.2, -0.15) is 0 Å². The van der Waals surface area contributed by atoms with Gasteiger partial charge in [-0.3, -0.25) is 9.78 Å². The van der Waals surface area contributed by atoms with Crippen molar-refractivity contribution in [3.63, 3.8) is 0 Å². The number of nitrogens with zero attached hydrogens (tertiary/aromatic N) is 2. The van der Waals surface area contributed by atoms with Crippen LogP contribution in [0.2, 0.25) is 0 Å². The second-order valence-electron chi connectivity index (χ2n) is 5.02. The Morgan fingerprint density at radius 2 is 2.32 bits per heavy atom. The van der Waals surface area contributed by atoms with E-state index in [2.05, 4.69) is 4.98 Å². The van der Waals surface area contributed by atoms with E-state index >= 15 is 0 Å². The first-order valence-corrected chi connectivity index (χ1v) is 6.82. The van der Waals surface area contributed by atoms with Crippen molar-refractivity contribution >= 4 is 5.91 Å². The maximum absolute atomic E-state index is 12.5. The van der Waals surface area contributed by atoms with E-state index in [0.29, 0.717) is 24.6 Å². The molecule has 19 heavy (non-hydrogen) atoms. The topological polar surface area (TPSA) is 79.5 Å². The van der Waals surface area contributed by atoms with Crippen molar-refractivity contribution in [3.05, 3.63) is 24.0 Å². The highest BCUT2D eigenvalue weighted by atomic mass is 16.3. The minimum atomic E-state index is -0.0729. The van der Waals surface area contributed by atoms with Crippen LogP contribution in [0.5, 0.6) is 5.75 Å². The third kappa shape index (κ3) is 2.87. The zero-order valence-electron chi connectivity index (χ0n) is 11.2. The van der Waals surface area contributed by atoms with Crippen molar-refractivity contribution < 1.29 is 9.90 Å². The smallest absolute Gasteiger partial charge is 0.255 e. The zero-order chi connectivity index (χ0) is 13.8. The lowest BCUT2D eigenvalue weighted by molar-refractivity contribution is 0.0651. The van der Waals surface area contributed by atoms with Gasteiger partial charge in [0.25, 0.3) is 5.91 Å². The summed E-state index contributed by atoms with van der Waals surface area (Å²) in [5, 5.41) is 9.43. The van der Waals surface area contributed by atoms with Gasteiger partial charge in [-0.25, -0.2) is 0 Å². The van der Waals surface area contributed by atoms with Crippen LogP contribution in [0.4, 0.5) is 0 Å². The highest BCUT2D eigenvalue weighted by molar-refractivity contribution is 5.94. The van der Waals surface area contributed by atoms with E-state index in [-0.39, 0.29) is 17.7 Å². The molecule has 2 rings (SSSR count). The van der Waals surface area contributed by atoms with E-state index in [1.807, 2.05) is 11.8 Å². The lowest BCUT2D eigenvalue weighted by Crippen LogP contribution is -2.44. The van der Waals surface area contributed by atoms with E-state index in [9.17, 15) is 9.90 Å². The van der Waals surface area contributed by atoms with Gasteiger partial charge in [0.2, 0.25) is 0 Å². The molecular weight excluding hydrogens is 242 g/mol. The molecule has 1 heterocycles. The van der Waals surface area contributed by atoms with E-state index in [4.69, 9.17) is 5.73 Å². The predicted octanol–water partition coefficient (Wildman–Crippen LogP) is 1.38. The van der Waals surface area contributed by atoms with E-state index in [1.165, 1.54) is 18.5 Å². The van der Waals surface area contributed by atoms with Gasteiger partial charge >= 0.3 is 0 Å². The number of hydrogen-bond donors (Lipinski definition) is 2. The van der Waals surface area contributed by atoms with Gasteiger partial charge in [0.05, 0.1) is 11.8 Å². The molecule has 1 aromatic rings. The predicted molar refractivity (Wildman–Crippen MR) is 72.8 cm³/mol. The van der Waals surface area contributed by atoms with Crippen LogP contribution in [0, 0.1) is 5.92 Å². The van der Waals surface area contributed by atoms with E-state index < -0.39 is 0 Å². The molecule has 0 spiro atoms. The fraction of sp³-hybridized carbons (Fsp3) is 0.571. The third-order valence-electron chi connectivity index (χ3n) is 3.89. The minimum Gasteiger partial charge on any atom is -0.506 e. The molecule has 0 bridgehead atoms. The molecule has 1 aliphatic carbocycles. The standard InChI is InChI=1S/C14H21N3O2/c1-2-17(13-5-3-4-10(13)7-15)14(19)11-6-12(18)9-16-8-11/h6,8-10,13,18H,2-5,7,15H2,1H3. The largest absolute Gasteiger partial charge is 0.506 e. The highest BCUT2D eigenvalue weighted by Gasteiger charge is 2.33. The monoisotopic (exact) mass is 263 g/mol. The average Bonchev–Trinajstić information content (AvgIpc) is 2.88. The van der Waals surface area contributed by atoms with Gasteiger partial charge in [-0.05, 0) is 38.3 Å². The molecule has 0 aromatic carbocycles. The molecule has 0 saturated heterocycles. The summed E-state index contributed by atoms with van der Waals surface area (Å²) in [5.41, 5.74) is 6.22. The van der Waals surface area contributed by atoms with Crippen molar-refractivity contribution in [2.24, 2.45) is 11.7 Å². The number of pyridine rings is 1. The molecule has 5 heteroatoms. The number of rotatable bonds is 4. The molecule has 3 N–H and O–H groups in total. The van der Waals surface area contributed by atoms with Crippen LogP contribution in [0.3, 0.4) is 0 Å². The normalized spacial score (nSPS) is 22.4. The quantitative estimate of drug-likeness (QED) is 0.860. The van der Waals surface area contributed by atoms with Crippen LogP contribution < -0.4 is 5.73 Å². The number of carbonyl (C=O) groups excluding carboxylic acids is 1. The van der Waals surface area contributed by atoms with Gasteiger partial charge < -0.3 is 15.7 Å². The summed E-state index contributed by atoms with van der Waals surface area (Å²) in [6.45, 7) is 3.24. The Labute approximate surface area is 113 Å². The first-order valence-electron chi connectivity index (χ1n) is 6.82. The summed E-state index contributed by atoms with van der Waals surface area (Å²) >= 11 is 0. The molecule has 2 atom stereocenters. The van der Waals surface area contributed by atoms with Crippen LogP contribution in [0.1, 0.15) is 36.5 Å². The number of carbonyl (C=O) groups is 1. The minimum absolute atomic E-state index is 0.0173. The van der Waals surface area contributed by atoms with Gasteiger partial charge in [-0.1, -0.05) is 6.42 Å². The Morgan fingerprint density at radius 3 is 2.95 bits per heavy atom. The number of aromatic hydroxyl groups is 1. The number of amides is 1. The van der Waals surface area contributed by atoms with Gasteiger partial charge in [0, 0.05) is 18.8 Å². The Morgan fingerprint density at radius 1 is 1.53 bits per heavy atom. The van der Waals surface area contributed by atoms with Crippen molar-refractivity contribution in [1.82, 2.24) is 9.88 Å². The Bertz CT molecular complexity index is 450. The summed E-state index contributed by atoms with van der Waals surface area (Å²) < 4.78 is 0. The Kier molecular flexibility index (Phi) is 4.37. The lowest BCUT2D eigenvalue weighted by Gasteiger charge is -2.31. The second kappa shape index (κ2) is 6.02. The Hall–Kier alpha value is -1.62. The van der Waals surface area contributed by atoms with Crippen LogP contribution >= 0.6 is 0 Å². The fourth-order valence-electron chi connectivity index (χ4n) is 2.94. The number of hydrogen-bond acceptors (Lipinski definition) is 4. The maximum Gasteiger partial charge on any atom is 0.255 e. The molecule has 1 aromatic heterocycles. The van der Waals surface area contributed by atoms with Gasteiger partial charge in [0.1, 0.15) is 5.75 Å². The van der Waals surface area contributed by atoms with Crippen LogP contribution in [-0.4, -0.2) is 40.0 Å². The molecule has 1 fully saturated rings. The van der Waals surface area contributed by atoms with Crippen molar-refractivity contribution in [1.29, 1.82) is 0 Å². The first kappa shape index (κ1) is 13.8. The van der Waals surface area contributed by atoms with E-state index in [0.717, 1.165) is 19.3 Å². The summed E-state index contributed by atoms with van der Waals surface area (Å²) in [6.07, 6.45) is 6.04. The maximum atomic E-state index is 12.5. The van der Waals surface area contributed by atoms with Crippen LogP contribution in [-0.2, 0) is 0 Å². The molecule has 1 saturated carbocycles. The van der Waals surface area contributed by atoms with Crippen molar-refractivity contribution in [2.75, 3.05) is 13.1 Å². The zero-order valence-corrected chi connectivity index (χ0v) is 11.2. The molecular formula is C14H21N3O2. The number of aromatic nitrogens is 1. The molecule has 2 unspecified atom stereocenters. The summed E-state index contributed by atoms with van der Waals surface area (Å²) in [5.74, 6) is 0.328. The lowest BCUT2D eigenvalue weighted by atomic mass is 10.0. The van der Waals surface area contributed by atoms with Crippen LogP contribution in [0.25, 0.3) is 0 Å². The van der Waals surface area contributed by atoms with Gasteiger partial charge in [-0.15, -0.1) is 0 Å². The summed E-state index contributed by atoms with van der Waals surface area (Å²) in [7, 11) is 0. The molecule has 1 amide bonds. The second-order valence-corrected chi connectivity index (χ2v) is 5.02. The summed E-state index contributed by atoms with van der Waals surface area (Å²) in [4.78, 5) is 18.2. The molecule has 5 nitrogen and oxygen atoms in total. The molecule has 0 aliphatic heterocycles. The van der Waals surface area contributed by atoms with Crippen molar-refractivity contribution in [3.8, 4) is 5.75 Å². The number of nitrogens with two attached hydrogens (primary N) is 1. The Balaban J connectivity index is 2.19.